The predicted molar refractivity (Wildman–Crippen MR) is 179 cm³/mol. The summed E-state index contributed by atoms with van der Waals surface area (Å²) in [4.78, 5) is 2.50. The Morgan fingerprint density at radius 3 is 2.41 bits per heavy atom. The molecule has 0 radical (unpaired) electrons. The van der Waals surface area contributed by atoms with Gasteiger partial charge in [-0.2, -0.15) is 4.21 Å². The Balaban J connectivity index is 1.30. The van der Waals surface area contributed by atoms with E-state index in [1.165, 1.54) is 92.7 Å². The highest BCUT2D eigenvalue weighted by atomic mass is 32.2. The van der Waals surface area contributed by atoms with Crippen LogP contribution in [0.3, 0.4) is 0 Å². The van der Waals surface area contributed by atoms with E-state index in [2.05, 4.69) is 28.6 Å². The third kappa shape index (κ3) is 7.67. The SMILES string of the molecule is CCC(=CC1=[N+](CCCS(=O)(=O)[O-])C2C(CCC3CCCCC32)S1)C=C1SC2CCC3CCCCC3C2N1CCOS(=O)O. The molecule has 9 unspecified atom stereocenters. The maximum absolute atomic E-state index is 11.5. The average molecular weight is 687 g/mol. The molecule has 4 aliphatic carbocycles. The molecule has 1 saturated heterocycles. The molecule has 6 rings (SSSR count). The molecule has 0 aromatic carbocycles. The number of fused-ring (bicyclic) bond motifs is 6. The van der Waals surface area contributed by atoms with Crippen molar-refractivity contribution in [2.24, 2.45) is 23.7 Å². The molecular weight excluding hydrogens is 637 g/mol. The Labute approximate surface area is 275 Å². The second-order valence-corrected chi connectivity index (χ2v) is 18.5. The fourth-order valence-corrected chi connectivity index (χ4v) is 13.5. The van der Waals surface area contributed by atoms with Gasteiger partial charge in [-0.25, -0.2) is 13.0 Å². The fourth-order valence-electron chi connectivity index (χ4n) is 9.53. The van der Waals surface area contributed by atoms with Crippen LogP contribution >= 0.6 is 23.5 Å². The Hall–Kier alpha value is -0.370. The maximum atomic E-state index is 11.5. The zero-order valence-electron chi connectivity index (χ0n) is 26.0. The van der Waals surface area contributed by atoms with Gasteiger partial charge in [-0.1, -0.05) is 39.0 Å². The highest BCUT2D eigenvalue weighted by Gasteiger charge is 2.52. The molecule has 0 spiro atoms. The molecule has 5 fully saturated rings. The van der Waals surface area contributed by atoms with Gasteiger partial charge in [0.15, 0.2) is 6.04 Å². The van der Waals surface area contributed by atoms with Gasteiger partial charge in [0.1, 0.15) is 6.54 Å². The van der Waals surface area contributed by atoms with Crippen LogP contribution in [0.4, 0.5) is 0 Å². The van der Waals surface area contributed by atoms with E-state index < -0.39 is 21.5 Å². The van der Waals surface area contributed by atoms with Crippen LogP contribution in [0.15, 0.2) is 22.8 Å². The van der Waals surface area contributed by atoms with Gasteiger partial charge < -0.3 is 9.45 Å². The van der Waals surface area contributed by atoms with Crippen LogP contribution < -0.4 is 0 Å². The van der Waals surface area contributed by atoms with Gasteiger partial charge in [-0.05, 0) is 92.5 Å². The van der Waals surface area contributed by atoms with Crippen molar-refractivity contribution in [2.45, 2.75) is 119 Å². The normalized spacial score (nSPS) is 37.5. The minimum atomic E-state index is -4.24. The van der Waals surface area contributed by atoms with Crippen LogP contribution in [-0.4, -0.2) is 84.3 Å². The Bertz CT molecular complexity index is 1270. The Morgan fingerprint density at radius 1 is 1.02 bits per heavy atom. The van der Waals surface area contributed by atoms with E-state index in [1.54, 1.807) is 0 Å². The van der Waals surface area contributed by atoms with Crippen molar-refractivity contribution >= 4 is 50.0 Å². The topological polar surface area (TPSA) is 110 Å². The zero-order valence-corrected chi connectivity index (χ0v) is 29.3. The summed E-state index contributed by atoms with van der Waals surface area (Å²) in [5.74, 6) is 2.56. The van der Waals surface area contributed by atoms with E-state index in [1.807, 2.05) is 23.5 Å². The lowest BCUT2D eigenvalue weighted by atomic mass is 9.68. The van der Waals surface area contributed by atoms with Gasteiger partial charge in [0.05, 0.1) is 27.0 Å². The lowest BCUT2D eigenvalue weighted by Crippen LogP contribution is -2.48. The van der Waals surface area contributed by atoms with Crippen LogP contribution in [0.25, 0.3) is 0 Å². The van der Waals surface area contributed by atoms with Crippen molar-refractivity contribution in [1.82, 2.24) is 4.90 Å². The molecular formula is C32H50N2O6S4. The standard InChI is InChI=1S/C32H50N2O6S4/c1-2-22(21-30-34(17-18-40-43(35)36)32-26-11-6-4-9-24(26)13-15-28(32)42-30)20-29-33(16-7-19-44(37,38)39)31-25-10-5-3-8-23(25)12-14-27(31)41-29/h20-21,23-28,31-32H,2-19H2,1H3,(H-,35,36,37,38,39). The van der Waals surface area contributed by atoms with Crippen LogP contribution in [-0.2, 0) is 25.7 Å². The van der Waals surface area contributed by atoms with E-state index in [9.17, 15) is 21.7 Å². The summed E-state index contributed by atoms with van der Waals surface area (Å²) in [5.41, 5.74) is 1.26. The second kappa shape index (κ2) is 14.8. The fraction of sp³-hybridized carbons (Fsp3) is 0.844. The molecule has 8 nitrogen and oxygen atoms in total. The van der Waals surface area contributed by atoms with Gasteiger partial charge in [0.25, 0.3) is 0 Å². The molecule has 0 aromatic heterocycles. The molecule has 9 atom stereocenters. The molecule has 2 aliphatic heterocycles. The Kier molecular flexibility index (Phi) is 11.3. The lowest BCUT2D eigenvalue weighted by Gasteiger charge is -2.45. The summed E-state index contributed by atoms with van der Waals surface area (Å²) in [5, 5.41) is 3.56. The van der Waals surface area contributed by atoms with Gasteiger partial charge in [0.2, 0.25) is 5.04 Å². The summed E-state index contributed by atoms with van der Waals surface area (Å²) in [7, 11) is -4.24. The quantitative estimate of drug-likeness (QED) is 0.156. The van der Waals surface area contributed by atoms with Crippen molar-refractivity contribution in [3.05, 3.63) is 22.8 Å². The number of rotatable bonds is 11. The van der Waals surface area contributed by atoms with Crippen LogP contribution in [0.5, 0.6) is 0 Å². The Morgan fingerprint density at radius 2 is 1.70 bits per heavy atom. The molecule has 248 valence electrons. The van der Waals surface area contributed by atoms with Crippen molar-refractivity contribution in [1.29, 1.82) is 0 Å². The molecule has 44 heavy (non-hydrogen) atoms. The zero-order chi connectivity index (χ0) is 30.8. The molecule has 1 N–H and O–H groups in total. The molecule has 0 amide bonds. The smallest absolute Gasteiger partial charge is 0.301 e. The number of thioether (sulfide) groups is 2. The molecule has 0 bridgehead atoms. The van der Waals surface area contributed by atoms with Crippen LogP contribution in [0.1, 0.15) is 96.8 Å². The van der Waals surface area contributed by atoms with E-state index in [-0.39, 0.29) is 12.4 Å². The van der Waals surface area contributed by atoms with Crippen LogP contribution in [0.2, 0.25) is 0 Å². The maximum Gasteiger partial charge on any atom is 0.301 e. The van der Waals surface area contributed by atoms with Gasteiger partial charge >= 0.3 is 11.4 Å². The minimum absolute atomic E-state index is 0.225. The van der Waals surface area contributed by atoms with Crippen molar-refractivity contribution in [3.63, 3.8) is 0 Å². The predicted octanol–water partition coefficient (Wildman–Crippen LogP) is 6.13. The van der Waals surface area contributed by atoms with Gasteiger partial charge in [-0.15, -0.1) is 11.8 Å². The van der Waals surface area contributed by atoms with Gasteiger partial charge in [0, 0.05) is 42.0 Å². The molecule has 2 heterocycles. The highest BCUT2D eigenvalue weighted by molar-refractivity contribution is 8.14. The van der Waals surface area contributed by atoms with Crippen molar-refractivity contribution < 1.29 is 30.5 Å². The van der Waals surface area contributed by atoms with E-state index in [4.69, 9.17) is 4.18 Å². The molecule has 12 heteroatoms. The highest BCUT2D eigenvalue weighted by Crippen LogP contribution is 2.53. The third-order valence-electron chi connectivity index (χ3n) is 11.4. The first-order chi connectivity index (χ1) is 21.2. The van der Waals surface area contributed by atoms with Gasteiger partial charge in [-0.3, -0.25) is 8.74 Å². The van der Waals surface area contributed by atoms with E-state index in [0.29, 0.717) is 53.9 Å². The summed E-state index contributed by atoms with van der Waals surface area (Å²) in [6.45, 7) is 3.65. The summed E-state index contributed by atoms with van der Waals surface area (Å²) in [6, 6.07) is 0.870. The van der Waals surface area contributed by atoms with Crippen molar-refractivity contribution in [3.8, 4) is 0 Å². The first-order valence-corrected chi connectivity index (χ1v) is 21.4. The first-order valence-electron chi connectivity index (χ1n) is 17.1. The summed E-state index contributed by atoms with van der Waals surface area (Å²) >= 11 is 1.71. The largest absolute Gasteiger partial charge is 0.748 e. The molecule has 4 saturated carbocycles. The molecule has 0 aromatic rings. The summed E-state index contributed by atoms with van der Waals surface area (Å²) in [6.07, 6.45) is 21.4. The number of nitrogens with zero attached hydrogens (tertiary/aromatic N) is 2. The van der Waals surface area contributed by atoms with Crippen molar-refractivity contribution in [2.75, 3.05) is 25.4 Å². The minimum Gasteiger partial charge on any atom is -0.748 e. The summed E-state index contributed by atoms with van der Waals surface area (Å²) < 4.78 is 62.7. The monoisotopic (exact) mass is 686 g/mol. The van der Waals surface area contributed by atoms with E-state index >= 15 is 0 Å². The second-order valence-electron chi connectivity index (χ2n) is 13.8. The average Bonchev–Trinajstić information content (AvgIpc) is 3.53. The third-order valence-corrected chi connectivity index (χ3v) is 15.4. The molecule has 6 aliphatic rings. The lowest BCUT2D eigenvalue weighted by molar-refractivity contribution is -0.572. The number of hydrogen-bond acceptors (Lipinski definition) is 8. The number of allylic oxidation sites excluding steroid dienone is 2. The number of hydrogen-bond donors (Lipinski definition) is 1. The van der Waals surface area contributed by atoms with E-state index in [0.717, 1.165) is 18.3 Å². The first kappa shape index (κ1) is 33.5. The van der Waals surface area contributed by atoms with Crippen LogP contribution in [0, 0.1) is 23.7 Å².